The van der Waals surface area contributed by atoms with Crippen molar-refractivity contribution in [1.82, 2.24) is 15.0 Å². The van der Waals surface area contributed by atoms with Crippen molar-refractivity contribution in [2.75, 3.05) is 0 Å². The van der Waals surface area contributed by atoms with Gasteiger partial charge in [-0.1, -0.05) is 6.92 Å². The van der Waals surface area contributed by atoms with Crippen molar-refractivity contribution in [2.45, 2.75) is 13.3 Å². The number of nitrogens with zero attached hydrogens (tertiary/aromatic N) is 3. The van der Waals surface area contributed by atoms with Crippen LogP contribution in [0.15, 0.2) is 21.6 Å². The molecule has 0 aromatic carbocycles. The number of rotatable bonds is 1. The molecule has 5 nitrogen and oxygen atoms in total. The smallest absolute Gasteiger partial charge is 0.367 e. The number of fused-ring (bicyclic) bond motifs is 1. The highest BCUT2D eigenvalue weighted by atomic mass is 16.4. The highest BCUT2D eigenvalue weighted by Gasteiger charge is 2.05. The van der Waals surface area contributed by atoms with E-state index in [0.29, 0.717) is 18.0 Å². The Morgan fingerprint density at radius 1 is 1.38 bits per heavy atom. The first-order valence-electron chi connectivity index (χ1n) is 3.92. The largest absolute Gasteiger partial charge is 0.407 e. The van der Waals surface area contributed by atoms with E-state index in [-0.39, 0.29) is 5.52 Å². The average molecular weight is 177 g/mol. The first kappa shape index (κ1) is 7.85. The van der Waals surface area contributed by atoms with E-state index in [1.807, 2.05) is 6.92 Å². The fraction of sp³-hybridized carbons (Fsp3) is 0.250. The summed E-state index contributed by atoms with van der Waals surface area (Å²) in [6.45, 7) is 1.85. The van der Waals surface area contributed by atoms with Crippen LogP contribution in [0.25, 0.3) is 11.2 Å². The fourth-order valence-electron chi connectivity index (χ4n) is 1.00. The van der Waals surface area contributed by atoms with Gasteiger partial charge in [-0.2, -0.15) is 4.98 Å². The Labute approximate surface area is 73.5 Å². The van der Waals surface area contributed by atoms with Gasteiger partial charge in [0.25, 0.3) is 0 Å². The van der Waals surface area contributed by atoms with E-state index in [9.17, 15) is 4.79 Å². The minimum Gasteiger partial charge on any atom is -0.407 e. The quantitative estimate of drug-likeness (QED) is 0.635. The second kappa shape index (κ2) is 2.93. The van der Waals surface area contributed by atoms with Crippen LogP contribution < -0.4 is 5.63 Å². The molecule has 2 heterocycles. The molecule has 0 aliphatic heterocycles. The molecule has 0 atom stereocenters. The Morgan fingerprint density at radius 3 is 2.92 bits per heavy atom. The Morgan fingerprint density at radius 2 is 2.15 bits per heavy atom. The summed E-state index contributed by atoms with van der Waals surface area (Å²) in [6.07, 6.45) is 3.50. The van der Waals surface area contributed by atoms with Crippen LogP contribution in [0.3, 0.4) is 0 Å². The van der Waals surface area contributed by atoms with Gasteiger partial charge < -0.3 is 4.42 Å². The second-order valence-electron chi connectivity index (χ2n) is 2.48. The summed E-state index contributed by atoms with van der Waals surface area (Å²) < 4.78 is 4.87. The molecule has 5 heteroatoms. The van der Waals surface area contributed by atoms with E-state index in [4.69, 9.17) is 4.42 Å². The number of hydrogen-bond donors (Lipinski definition) is 0. The third-order valence-electron chi connectivity index (χ3n) is 1.62. The maximum absolute atomic E-state index is 11.2. The summed E-state index contributed by atoms with van der Waals surface area (Å²) in [4.78, 5) is 23.0. The summed E-state index contributed by atoms with van der Waals surface area (Å²) in [7, 11) is 0. The predicted octanol–water partition coefficient (Wildman–Crippen LogP) is 0.540. The first-order chi connectivity index (χ1) is 6.31. The van der Waals surface area contributed by atoms with Crippen molar-refractivity contribution >= 4 is 11.2 Å². The molecule has 66 valence electrons. The molecule has 2 aromatic rings. The zero-order valence-corrected chi connectivity index (χ0v) is 7.02. The molecule has 0 amide bonds. The van der Waals surface area contributed by atoms with Crippen molar-refractivity contribution in [3.63, 3.8) is 0 Å². The van der Waals surface area contributed by atoms with Crippen LogP contribution in [0, 0.1) is 0 Å². The molecule has 0 N–H and O–H groups in total. The predicted molar refractivity (Wildman–Crippen MR) is 45.2 cm³/mol. The van der Waals surface area contributed by atoms with E-state index in [0.717, 1.165) is 0 Å². The molecule has 0 bridgehead atoms. The standard InChI is InChI=1S/C8H7N3O2/c1-2-5-11-7-6(8(12)13-5)9-3-4-10-7/h3-4H,2H2,1H3. The van der Waals surface area contributed by atoms with E-state index < -0.39 is 5.63 Å². The summed E-state index contributed by atoms with van der Waals surface area (Å²) in [6, 6.07) is 0. The number of aromatic nitrogens is 3. The molecule has 0 unspecified atom stereocenters. The highest BCUT2D eigenvalue weighted by Crippen LogP contribution is 2.00. The Balaban J connectivity index is 2.85. The first-order valence-corrected chi connectivity index (χ1v) is 3.92. The van der Waals surface area contributed by atoms with E-state index in [2.05, 4.69) is 15.0 Å². The maximum Gasteiger partial charge on any atom is 0.367 e. The van der Waals surface area contributed by atoms with Gasteiger partial charge >= 0.3 is 5.63 Å². The van der Waals surface area contributed by atoms with Crippen LogP contribution in [-0.4, -0.2) is 15.0 Å². The third kappa shape index (κ3) is 1.28. The van der Waals surface area contributed by atoms with Gasteiger partial charge in [-0.05, 0) is 0 Å². The third-order valence-corrected chi connectivity index (χ3v) is 1.62. The Kier molecular flexibility index (Phi) is 1.77. The zero-order valence-electron chi connectivity index (χ0n) is 7.02. The van der Waals surface area contributed by atoms with Crippen LogP contribution in [0.4, 0.5) is 0 Å². The van der Waals surface area contributed by atoms with Crippen LogP contribution in [0.2, 0.25) is 0 Å². The summed E-state index contributed by atoms with van der Waals surface area (Å²) in [5.74, 6) is 0.387. The molecular weight excluding hydrogens is 170 g/mol. The average Bonchev–Trinajstić information content (AvgIpc) is 2.18. The van der Waals surface area contributed by atoms with Gasteiger partial charge in [0.05, 0.1) is 0 Å². The van der Waals surface area contributed by atoms with Gasteiger partial charge in [-0.15, -0.1) is 0 Å². The van der Waals surface area contributed by atoms with Crippen molar-refractivity contribution in [2.24, 2.45) is 0 Å². The lowest BCUT2D eigenvalue weighted by molar-refractivity contribution is 0.448. The molecule has 13 heavy (non-hydrogen) atoms. The molecular formula is C8H7N3O2. The van der Waals surface area contributed by atoms with Crippen LogP contribution in [0.1, 0.15) is 12.8 Å². The normalized spacial score (nSPS) is 10.5. The molecule has 0 aliphatic carbocycles. The highest BCUT2D eigenvalue weighted by molar-refractivity contribution is 5.66. The van der Waals surface area contributed by atoms with Crippen LogP contribution in [-0.2, 0) is 6.42 Å². The number of hydrogen-bond acceptors (Lipinski definition) is 5. The lowest BCUT2D eigenvalue weighted by atomic mass is 10.4. The maximum atomic E-state index is 11.2. The van der Waals surface area contributed by atoms with Gasteiger partial charge in [0.2, 0.25) is 0 Å². The number of aryl methyl sites for hydroxylation is 1. The summed E-state index contributed by atoms with van der Waals surface area (Å²) >= 11 is 0. The Bertz CT molecular complexity index is 492. The topological polar surface area (TPSA) is 68.9 Å². The van der Waals surface area contributed by atoms with Crippen molar-refractivity contribution < 1.29 is 4.42 Å². The minimum absolute atomic E-state index is 0.180. The molecule has 0 spiro atoms. The van der Waals surface area contributed by atoms with Gasteiger partial charge in [0, 0.05) is 18.8 Å². The van der Waals surface area contributed by atoms with E-state index >= 15 is 0 Å². The van der Waals surface area contributed by atoms with Crippen molar-refractivity contribution in [3.8, 4) is 0 Å². The molecule has 0 fully saturated rings. The van der Waals surface area contributed by atoms with Gasteiger partial charge in [0.1, 0.15) is 0 Å². The monoisotopic (exact) mass is 177 g/mol. The van der Waals surface area contributed by atoms with Crippen molar-refractivity contribution in [1.29, 1.82) is 0 Å². The lowest BCUT2D eigenvalue weighted by Gasteiger charge is -1.95. The molecule has 2 aromatic heterocycles. The Hall–Kier alpha value is -1.78. The lowest BCUT2D eigenvalue weighted by Crippen LogP contribution is -2.07. The molecule has 0 saturated carbocycles. The summed E-state index contributed by atoms with van der Waals surface area (Å²) in [5, 5.41) is 0. The minimum atomic E-state index is -0.477. The zero-order chi connectivity index (χ0) is 9.26. The fourth-order valence-corrected chi connectivity index (χ4v) is 1.00. The SMILES string of the molecule is CCc1nc2nccnc2c(=O)o1. The van der Waals surface area contributed by atoms with Gasteiger partial charge in [-0.3, -0.25) is 0 Å². The molecule has 0 saturated heterocycles. The second-order valence-corrected chi connectivity index (χ2v) is 2.48. The van der Waals surface area contributed by atoms with Crippen molar-refractivity contribution in [3.05, 3.63) is 28.7 Å². The van der Waals surface area contributed by atoms with E-state index in [1.54, 1.807) is 0 Å². The summed E-state index contributed by atoms with van der Waals surface area (Å²) in [5.41, 5.74) is 0.0465. The molecule has 2 rings (SSSR count). The van der Waals surface area contributed by atoms with Gasteiger partial charge in [-0.25, -0.2) is 14.8 Å². The van der Waals surface area contributed by atoms with Crippen LogP contribution in [0.5, 0.6) is 0 Å². The van der Waals surface area contributed by atoms with Crippen LogP contribution >= 0.6 is 0 Å². The van der Waals surface area contributed by atoms with Gasteiger partial charge in [0.15, 0.2) is 17.1 Å². The molecule has 0 radical (unpaired) electrons. The van der Waals surface area contributed by atoms with E-state index in [1.165, 1.54) is 12.4 Å². The molecule has 0 aliphatic rings.